The number of Topliss-reactive ketones (excluding diaryl/α,β-unsaturated/α-hetero) is 1. The van der Waals surface area contributed by atoms with Gasteiger partial charge in [0.05, 0.1) is 0 Å². The largest absolute Gasteiger partial charge is 0.356 e. The summed E-state index contributed by atoms with van der Waals surface area (Å²) in [5, 5.41) is 3.36. The SMILES string of the molecule is CCC(=O)c1c(C)cc(Nc2ccccc2)cc1C. The summed E-state index contributed by atoms with van der Waals surface area (Å²) < 4.78 is 0. The molecule has 0 unspecified atom stereocenters. The molecule has 1 N–H and O–H groups in total. The molecule has 19 heavy (non-hydrogen) atoms. The van der Waals surface area contributed by atoms with Gasteiger partial charge < -0.3 is 5.32 Å². The molecule has 2 rings (SSSR count). The molecule has 0 bridgehead atoms. The maximum Gasteiger partial charge on any atom is 0.163 e. The quantitative estimate of drug-likeness (QED) is 0.804. The molecule has 0 aliphatic carbocycles. The monoisotopic (exact) mass is 253 g/mol. The molecule has 0 atom stereocenters. The van der Waals surface area contributed by atoms with Crippen LogP contribution in [0, 0.1) is 13.8 Å². The Hall–Kier alpha value is -2.09. The third-order valence-electron chi connectivity index (χ3n) is 3.20. The molecule has 0 aliphatic rings. The van der Waals surface area contributed by atoms with E-state index >= 15 is 0 Å². The van der Waals surface area contributed by atoms with Gasteiger partial charge in [-0.2, -0.15) is 0 Å². The lowest BCUT2D eigenvalue weighted by molar-refractivity contribution is 0.0987. The number of carbonyl (C=O) groups excluding carboxylic acids is 1. The first-order valence-electron chi connectivity index (χ1n) is 6.58. The molecule has 98 valence electrons. The van der Waals surface area contributed by atoms with Gasteiger partial charge in [-0.3, -0.25) is 4.79 Å². The maximum atomic E-state index is 11.9. The van der Waals surface area contributed by atoms with Crippen LogP contribution < -0.4 is 5.32 Å². The number of hydrogen-bond donors (Lipinski definition) is 1. The van der Waals surface area contributed by atoms with Crippen molar-refractivity contribution in [2.45, 2.75) is 27.2 Å². The lowest BCUT2D eigenvalue weighted by atomic mass is 9.97. The normalized spacial score (nSPS) is 10.3. The Labute approximate surface area is 114 Å². The molecule has 0 aliphatic heterocycles. The molecule has 2 aromatic rings. The molecule has 0 heterocycles. The minimum Gasteiger partial charge on any atom is -0.356 e. The molecule has 0 saturated carbocycles. The average Bonchev–Trinajstić information content (AvgIpc) is 2.38. The first-order chi connectivity index (χ1) is 9.11. The molecule has 0 saturated heterocycles. The fourth-order valence-electron chi connectivity index (χ4n) is 2.34. The third kappa shape index (κ3) is 3.02. The van der Waals surface area contributed by atoms with E-state index in [1.54, 1.807) is 0 Å². The van der Waals surface area contributed by atoms with Crippen molar-refractivity contribution in [1.82, 2.24) is 0 Å². The topological polar surface area (TPSA) is 29.1 Å². The highest BCUT2D eigenvalue weighted by atomic mass is 16.1. The van der Waals surface area contributed by atoms with Crippen molar-refractivity contribution in [2.24, 2.45) is 0 Å². The average molecular weight is 253 g/mol. The van der Waals surface area contributed by atoms with Crippen LogP contribution in [0.3, 0.4) is 0 Å². The summed E-state index contributed by atoms with van der Waals surface area (Å²) in [6.07, 6.45) is 0.549. The predicted molar refractivity (Wildman–Crippen MR) is 80.3 cm³/mol. The zero-order valence-electron chi connectivity index (χ0n) is 11.7. The molecule has 2 nitrogen and oxygen atoms in total. The van der Waals surface area contributed by atoms with Gasteiger partial charge in [-0.15, -0.1) is 0 Å². The Kier molecular flexibility index (Phi) is 4.00. The summed E-state index contributed by atoms with van der Waals surface area (Å²) in [5.41, 5.74) is 5.00. The van der Waals surface area contributed by atoms with Crippen molar-refractivity contribution in [1.29, 1.82) is 0 Å². The summed E-state index contributed by atoms with van der Waals surface area (Å²) in [5.74, 6) is 0.210. The van der Waals surface area contributed by atoms with Gasteiger partial charge in [0.25, 0.3) is 0 Å². The molecule has 2 heteroatoms. The Bertz CT molecular complexity index is 564. The smallest absolute Gasteiger partial charge is 0.163 e. The first-order valence-corrected chi connectivity index (χ1v) is 6.58. The van der Waals surface area contributed by atoms with Crippen LogP contribution in [0.25, 0.3) is 0 Å². The number of nitrogens with one attached hydrogen (secondary N) is 1. The van der Waals surface area contributed by atoms with Crippen LogP contribution in [0.15, 0.2) is 42.5 Å². The fraction of sp³-hybridized carbons (Fsp3) is 0.235. The summed E-state index contributed by atoms with van der Waals surface area (Å²) >= 11 is 0. The second-order valence-corrected chi connectivity index (χ2v) is 4.75. The minimum atomic E-state index is 0.210. The minimum absolute atomic E-state index is 0.210. The van der Waals surface area contributed by atoms with Crippen LogP contribution in [0.1, 0.15) is 34.8 Å². The van der Waals surface area contributed by atoms with Gasteiger partial charge in [0.15, 0.2) is 5.78 Å². The first kappa shape index (κ1) is 13.3. The van der Waals surface area contributed by atoms with E-state index in [2.05, 4.69) is 5.32 Å². The van der Waals surface area contributed by atoms with E-state index in [9.17, 15) is 4.79 Å². The van der Waals surface area contributed by atoms with E-state index in [0.717, 1.165) is 28.1 Å². The summed E-state index contributed by atoms with van der Waals surface area (Å²) in [7, 11) is 0. The molecule has 0 fully saturated rings. The fourth-order valence-corrected chi connectivity index (χ4v) is 2.34. The number of ketones is 1. The predicted octanol–water partition coefficient (Wildman–Crippen LogP) is 4.64. The van der Waals surface area contributed by atoms with Gasteiger partial charge in [-0.05, 0) is 49.2 Å². The number of hydrogen-bond acceptors (Lipinski definition) is 2. The van der Waals surface area contributed by atoms with Crippen LogP contribution in [0.4, 0.5) is 11.4 Å². The highest BCUT2D eigenvalue weighted by Gasteiger charge is 2.11. The Balaban J connectivity index is 2.33. The lowest BCUT2D eigenvalue weighted by Gasteiger charge is -2.13. The number of carbonyl (C=O) groups is 1. The van der Waals surface area contributed by atoms with Crippen molar-refractivity contribution in [3.63, 3.8) is 0 Å². The summed E-state index contributed by atoms with van der Waals surface area (Å²) in [4.78, 5) is 11.9. The van der Waals surface area contributed by atoms with Crippen molar-refractivity contribution < 1.29 is 4.79 Å². The molecule has 0 aromatic heterocycles. The molecule has 0 amide bonds. The van der Waals surface area contributed by atoms with Crippen molar-refractivity contribution in [2.75, 3.05) is 5.32 Å². The van der Waals surface area contributed by atoms with Crippen LogP contribution in [0.5, 0.6) is 0 Å². The van der Waals surface area contributed by atoms with E-state index in [0.29, 0.717) is 6.42 Å². The lowest BCUT2D eigenvalue weighted by Crippen LogP contribution is -2.04. The van der Waals surface area contributed by atoms with Crippen LogP contribution in [-0.4, -0.2) is 5.78 Å². The molecular weight excluding hydrogens is 234 g/mol. The van der Waals surface area contributed by atoms with Gasteiger partial charge >= 0.3 is 0 Å². The number of aryl methyl sites for hydroxylation is 2. The zero-order valence-corrected chi connectivity index (χ0v) is 11.7. The maximum absolute atomic E-state index is 11.9. The highest BCUT2D eigenvalue weighted by molar-refractivity contribution is 5.99. The van der Waals surface area contributed by atoms with Crippen LogP contribution >= 0.6 is 0 Å². The summed E-state index contributed by atoms with van der Waals surface area (Å²) in [6, 6.07) is 14.1. The van der Waals surface area contributed by atoms with Crippen LogP contribution in [0.2, 0.25) is 0 Å². The van der Waals surface area contributed by atoms with Gasteiger partial charge in [0, 0.05) is 23.4 Å². The van der Waals surface area contributed by atoms with E-state index in [1.807, 2.05) is 63.2 Å². The van der Waals surface area contributed by atoms with Gasteiger partial charge in [-0.25, -0.2) is 0 Å². The highest BCUT2D eigenvalue weighted by Crippen LogP contribution is 2.24. The van der Waals surface area contributed by atoms with Gasteiger partial charge in [0.1, 0.15) is 0 Å². The molecular formula is C17H19NO. The number of benzene rings is 2. The van der Waals surface area contributed by atoms with E-state index in [1.165, 1.54) is 0 Å². The van der Waals surface area contributed by atoms with Crippen LogP contribution in [-0.2, 0) is 0 Å². The van der Waals surface area contributed by atoms with Gasteiger partial charge in [0.2, 0.25) is 0 Å². The van der Waals surface area contributed by atoms with Gasteiger partial charge in [-0.1, -0.05) is 25.1 Å². The standard InChI is InChI=1S/C17H19NO/c1-4-16(19)17-12(2)10-15(11-13(17)3)18-14-8-6-5-7-9-14/h5-11,18H,4H2,1-3H3. The zero-order chi connectivity index (χ0) is 13.8. The Morgan fingerprint density at radius 3 is 2.11 bits per heavy atom. The van der Waals surface area contributed by atoms with Crippen molar-refractivity contribution in [3.8, 4) is 0 Å². The number of anilines is 2. The molecule has 2 aromatic carbocycles. The summed E-state index contributed by atoms with van der Waals surface area (Å²) in [6.45, 7) is 5.88. The Morgan fingerprint density at radius 2 is 1.58 bits per heavy atom. The number of para-hydroxylation sites is 1. The van der Waals surface area contributed by atoms with E-state index in [4.69, 9.17) is 0 Å². The van der Waals surface area contributed by atoms with Crippen molar-refractivity contribution >= 4 is 17.2 Å². The van der Waals surface area contributed by atoms with E-state index in [-0.39, 0.29) is 5.78 Å². The van der Waals surface area contributed by atoms with Crippen molar-refractivity contribution in [3.05, 3.63) is 59.2 Å². The van der Waals surface area contributed by atoms with E-state index < -0.39 is 0 Å². The molecule has 0 radical (unpaired) electrons. The Morgan fingerprint density at radius 1 is 1.00 bits per heavy atom. The second kappa shape index (κ2) is 5.70. The third-order valence-corrected chi connectivity index (χ3v) is 3.20. The second-order valence-electron chi connectivity index (χ2n) is 4.75. The molecule has 0 spiro atoms. The number of rotatable bonds is 4.